The number of hydrogen-bond donors (Lipinski definition) is 0. The molecule has 1 atom stereocenters. The van der Waals surface area contributed by atoms with Gasteiger partial charge in [-0.1, -0.05) is 12.1 Å². The third-order valence-electron chi connectivity index (χ3n) is 4.09. The van der Waals surface area contributed by atoms with Crippen LogP contribution in [0.5, 0.6) is 0 Å². The van der Waals surface area contributed by atoms with Gasteiger partial charge in [0.05, 0.1) is 11.6 Å². The molecule has 20 heavy (non-hydrogen) atoms. The molecule has 1 aliphatic heterocycles. The monoisotopic (exact) mass is 283 g/mol. The average molecular weight is 283 g/mol. The van der Waals surface area contributed by atoms with E-state index in [1.54, 1.807) is 0 Å². The van der Waals surface area contributed by atoms with E-state index in [-0.39, 0.29) is 17.9 Å². The molecule has 1 aromatic carbocycles. The first-order chi connectivity index (χ1) is 9.47. The number of carbonyl (C=O) groups is 1. The van der Waals surface area contributed by atoms with E-state index in [1.807, 2.05) is 4.90 Å². The molecule has 1 aliphatic carbocycles. The standard InChI is InChI=1S/C15H16F3NO/c16-15(17,18)12-7-5-10(6-8-12)13-2-1-9-19(13)14(20)11-3-4-11/h5-8,11,13H,1-4,9H2. The van der Waals surface area contributed by atoms with E-state index >= 15 is 0 Å². The SMILES string of the molecule is O=C(C1CC1)N1CCCC1c1ccc(C(F)(F)F)cc1. The highest BCUT2D eigenvalue weighted by Crippen LogP contribution is 2.39. The molecule has 1 saturated carbocycles. The Labute approximate surface area is 115 Å². The van der Waals surface area contributed by atoms with Crippen LogP contribution in [-0.2, 0) is 11.0 Å². The Hall–Kier alpha value is -1.52. The van der Waals surface area contributed by atoms with Crippen LogP contribution in [0.3, 0.4) is 0 Å². The zero-order valence-electron chi connectivity index (χ0n) is 11.0. The fraction of sp³-hybridized carbons (Fsp3) is 0.533. The molecule has 0 bridgehead atoms. The van der Waals surface area contributed by atoms with E-state index in [0.717, 1.165) is 49.9 Å². The van der Waals surface area contributed by atoms with Crippen LogP contribution in [0.4, 0.5) is 13.2 Å². The largest absolute Gasteiger partial charge is 0.416 e. The number of likely N-dealkylation sites (tertiary alicyclic amines) is 1. The Morgan fingerprint density at radius 1 is 1.10 bits per heavy atom. The predicted octanol–water partition coefficient (Wildman–Crippen LogP) is 3.78. The second-order valence-corrected chi connectivity index (χ2v) is 5.58. The number of benzene rings is 1. The van der Waals surface area contributed by atoms with Crippen molar-refractivity contribution in [2.75, 3.05) is 6.54 Å². The van der Waals surface area contributed by atoms with Crippen molar-refractivity contribution in [1.29, 1.82) is 0 Å². The number of alkyl halides is 3. The Kier molecular flexibility index (Phi) is 3.22. The van der Waals surface area contributed by atoms with Crippen LogP contribution in [0.15, 0.2) is 24.3 Å². The summed E-state index contributed by atoms with van der Waals surface area (Å²) in [6.07, 6.45) is -0.643. The Bertz CT molecular complexity index is 505. The van der Waals surface area contributed by atoms with Gasteiger partial charge in [0.2, 0.25) is 5.91 Å². The lowest BCUT2D eigenvalue weighted by molar-refractivity contribution is -0.137. The highest BCUT2D eigenvalue weighted by Gasteiger charge is 2.39. The molecule has 0 N–H and O–H groups in total. The van der Waals surface area contributed by atoms with E-state index in [4.69, 9.17) is 0 Å². The minimum Gasteiger partial charge on any atom is -0.335 e. The summed E-state index contributed by atoms with van der Waals surface area (Å²) >= 11 is 0. The fourth-order valence-electron chi connectivity index (χ4n) is 2.84. The summed E-state index contributed by atoms with van der Waals surface area (Å²) in [5.74, 6) is 0.331. The lowest BCUT2D eigenvalue weighted by Crippen LogP contribution is -2.31. The number of halogens is 3. The van der Waals surface area contributed by atoms with Crippen molar-refractivity contribution in [2.45, 2.75) is 37.9 Å². The first kappa shape index (κ1) is 13.5. The predicted molar refractivity (Wildman–Crippen MR) is 67.9 cm³/mol. The molecule has 0 aromatic heterocycles. The molecule has 0 radical (unpaired) electrons. The van der Waals surface area contributed by atoms with Crippen molar-refractivity contribution >= 4 is 5.91 Å². The number of hydrogen-bond acceptors (Lipinski definition) is 1. The van der Waals surface area contributed by atoms with Crippen molar-refractivity contribution in [3.05, 3.63) is 35.4 Å². The quantitative estimate of drug-likeness (QED) is 0.809. The van der Waals surface area contributed by atoms with Gasteiger partial charge >= 0.3 is 6.18 Å². The normalized spacial score (nSPS) is 23.1. The number of amides is 1. The van der Waals surface area contributed by atoms with Gasteiger partial charge in [0.1, 0.15) is 0 Å². The van der Waals surface area contributed by atoms with Crippen LogP contribution < -0.4 is 0 Å². The second-order valence-electron chi connectivity index (χ2n) is 5.58. The van der Waals surface area contributed by atoms with Crippen LogP contribution in [0.2, 0.25) is 0 Å². The molecule has 2 fully saturated rings. The zero-order valence-corrected chi connectivity index (χ0v) is 11.0. The van der Waals surface area contributed by atoms with E-state index < -0.39 is 11.7 Å². The molecule has 2 aliphatic rings. The van der Waals surface area contributed by atoms with Gasteiger partial charge in [-0.05, 0) is 43.4 Å². The molecule has 108 valence electrons. The van der Waals surface area contributed by atoms with Gasteiger partial charge in [-0.15, -0.1) is 0 Å². The first-order valence-corrected chi connectivity index (χ1v) is 6.94. The summed E-state index contributed by atoms with van der Waals surface area (Å²) in [6, 6.07) is 5.17. The van der Waals surface area contributed by atoms with Crippen LogP contribution in [0, 0.1) is 5.92 Å². The summed E-state index contributed by atoms with van der Waals surface area (Å²) in [5, 5.41) is 0. The van der Waals surface area contributed by atoms with E-state index in [9.17, 15) is 18.0 Å². The number of rotatable bonds is 2. The van der Waals surface area contributed by atoms with E-state index in [2.05, 4.69) is 0 Å². The zero-order chi connectivity index (χ0) is 14.3. The van der Waals surface area contributed by atoms with Crippen molar-refractivity contribution in [3.8, 4) is 0 Å². The molecule has 2 nitrogen and oxygen atoms in total. The van der Waals surface area contributed by atoms with Gasteiger partial charge in [0, 0.05) is 12.5 Å². The highest BCUT2D eigenvalue weighted by atomic mass is 19.4. The summed E-state index contributed by atoms with van der Waals surface area (Å²) in [7, 11) is 0. The molecule has 5 heteroatoms. The van der Waals surface area contributed by atoms with Gasteiger partial charge in [-0.2, -0.15) is 13.2 Å². The minimum absolute atomic E-state index is 0.0506. The Balaban J connectivity index is 1.79. The third-order valence-corrected chi connectivity index (χ3v) is 4.09. The molecule has 1 aromatic rings. The summed E-state index contributed by atoms with van der Waals surface area (Å²) < 4.78 is 37.7. The van der Waals surface area contributed by atoms with Gasteiger partial charge in [0.15, 0.2) is 0 Å². The molecule has 1 amide bonds. The Morgan fingerprint density at radius 2 is 1.75 bits per heavy atom. The third kappa shape index (κ3) is 2.53. The molecule has 1 saturated heterocycles. The van der Waals surface area contributed by atoms with Crippen molar-refractivity contribution < 1.29 is 18.0 Å². The topological polar surface area (TPSA) is 20.3 Å². The lowest BCUT2D eigenvalue weighted by atomic mass is 10.0. The molecule has 1 unspecified atom stereocenters. The fourth-order valence-corrected chi connectivity index (χ4v) is 2.84. The van der Waals surface area contributed by atoms with Gasteiger partial charge < -0.3 is 4.90 Å². The number of nitrogens with zero attached hydrogens (tertiary/aromatic N) is 1. The number of carbonyl (C=O) groups excluding carboxylic acids is 1. The van der Waals surface area contributed by atoms with Crippen LogP contribution in [0.25, 0.3) is 0 Å². The summed E-state index contributed by atoms with van der Waals surface area (Å²) in [6.45, 7) is 0.723. The van der Waals surface area contributed by atoms with Crippen molar-refractivity contribution in [3.63, 3.8) is 0 Å². The molecule has 3 rings (SSSR count). The summed E-state index contributed by atoms with van der Waals surface area (Å²) in [4.78, 5) is 14.0. The molecular formula is C15H16F3NO. The lowest BCUT2D eigenvalue weighted by Gasteiger charge is -2.25. The van der Waals surface area contributed by atoms with Gasteiger partial charge in [-0.3, -0.25) is 4.79 Å². The van der Waals surface area contributed by atoms with Crippen molar-refractivity contribution in [2.24, 2.45) is 5.92 Å². The smallest absolute Gasteiger partial charge is 0.335 e. The highest BCUT2D eigenvalue weighted by molar-refractivity contribution is 5.81. The van der Waals surface area contributed by atoms with E-state index in [1.165, 1.54) is 12.1 Å². The Morgan fingerprint density at radius 3 is 2.30 bits per heavy atom. The van der Waals surface area contributed by atoms with Crippen LogP contribution in [0.1, 0.15) is 42.9 Å². The van der Waals surface area contributed by atoms with E-state index in [0.29, 0.717) is 0 Å². The minimum atomic E-state index is -4.31. The second kappa shape index (κ2) is 4.79. The maximum Gasteiger partial charge on any atom is 0.416 e. The van der Waals surface area contributed by atoms with Gasteiger partial charge in [-0.25, -0.2) is 0 Å². The molecule has 1 heterocycles. The average Bonchev–Trinajstić information content (AvgIpc) is 3.14. The van der Waals surface area contributed by atoms with Crippen LogP contribution >= 0.6 is 0 Å². The molecule has 0 spiro atoms. The maximum atomic E-state index is 12.6. The molecular weight excluding hydrogens is 267 g/mol. The van der Waals surface area contributed by atoms with Crippen molar-refractivity contribution in [1.82, 2.24) is 4.90 Å². The summed E-state index contributed by atoms with van der Waals surface area (Å²) in [5.41, 5.74) is 0.170. The van der Waals surface area contributed by atoms with Gasteiger partial charge in [0.25, 0.3) is 0 Å². The first-order valence-electron chi connectivity index (χ1n) is 6.94. The maximum absolute atomic E-state index is 12.6. The van der Waals surface area contributed by atoms with Crippen LogP contribution in [-0.4, -0.2) is 17.4 Å².